The van der Waals surface area contributed by atoms with Gasteiger partial charge in [-0.3, -0.25) is 0 Å². The number of nitrogens with zero attached hydrogens (tertiary/aromatic N) is 2. The average molecular weight is 449 g/mol. The summed E-state index contributed by atoms with van der Waals surface area (Å²) < 4.78 is 16.7. The summed E-state index contributed by atoms with van der Waals surface area (Å²) in [7, 11) is 3.31. The number of aliphatic hydroxyl groups is 1. The van der Waals surface area contributed by atoms with E-state index in [0.29, 0.717) is 18.0 Å². The van der Waals surface area contributed by atoms with Gasteiger partial charge in [-0.2, -0.15) is 0 Å². The van der Waals surface area contributed by atoms with Crippen molar-refractivity contribution in [2.75, 3.05) is 7.05 Å². The number of carbonyl (C=O) groups is 1. The highest BCUT2D eigenvalue weighted by Crippen LogP contribution is 2.25. The van der Waals surface area contributed by atoms with Crippen molar-refractivity contribution in [1.29, 1.82) is 0 Å². The smallest absolute Gasteiger partial charge is 0.410 e. The van der Waals surface area contributed by atoms with Gasteiger partial charge in [0.1, 0.15) is 5.69 Å². The molecule has 1 N–H and O–H groups in total. The van der Waals surface area contributed by atoms with Gasteiger partial charge in [0.25, 0.3) is 0 Å². The summed E-state index contributed by atoms with van der Waals surface area (Å²) >= 11 is 0. The molecule has 3 rings (SSSR count). The number of amides is 1. The third-order valence-corrected chi connectivity index (χ3v) is 5.69. The monoisotopic (exact) mass is 449 g/mol. The number of ether oxygens (including phenoxy) is 1. The molecule has 3 aromatic rings. The number of carbonyl (C=O) groups excluding carboxylic acids is 1. The Balaban J connectivity index is 1.58. The molecule has 0 bridgehead atoms. The Bertz CT molecular complexity index is 1040. The lowest BCUT2D eigenvalue weighted by Crippen LogP contribution is -2.49. The van der Waals surface area contributed by atoms with Crippen molar-refractivity contribution in [3.05, 3.63) is 72.3 Å². The highest BCUT2D eigenvalue weighted by Gasteiger charge is 2.35. The van der Waals surface area contributed by atoms with Gasteiger partial charge in [0, 0.05) is 19.2 Å². The Kier molecular flexibility index (Phi) is 7.61. The molecule has 2 aromatic carbocycles. The lowest BCUT2D eigenvalue weighted by molar-refractivity contribution is -0.0893. The molecule has 0 fully saturated rings. The SMILES string of the molecule is CN(Cc1ccccc1)C(=O)OCc1ocnc1-c1ccc([B]OC(C)(C)C(C)(C)O)cc1. The molecule has 0 unspecified atom stereocenters. The van der Waals surface area contributed by atoms with Crippen molar-refractivity contribution >= 4 is 19.0 Å². The number of hydrogen-bond donors (Lipinski definition) is 1. The number of rotatable bonds is 9. The quantitative estimate of drug-likeness (QED) is 0.499. The zero-order chi connectivity index (χ0) is 24.1. The number of aromatic nitrogens is 1. The fraction of sp³-hybridized carbons (Fsp3) is 0.360. The maximum atomic E-state index is 12.4. The van der Waals surface area contributed by atoms with Crippen LogP contribution in [0.3, 0.4) is 0 Å². The maximum Gasteiger partial charge on any atom is 0.410 e. The van der Waals surface area contributed by atoms with Gasteiger partial charge in [-0.1, -0.05) is 60.1 Å². The molecule has 0 aliphatic rings. The molecular formula is C25H30BN2O5. The summed E-state index contributed by atoms with van der Waals surface area (Å²) in [4.78, 5) is 18.1. The predicted molar refractivity (Wildman–Crippen MR) is 127 cm³/mol. The minimum atomic E-state index is -0.994. The van der Waals surface area contributed by atoms with Gasteiger partial charge in [0.15, 0.2) is 18.8 Å². The van der Waals surface area contributed by atoms with Crippen LogP contribution in [0.2, 0.25) is 0 Å². The van der Waals surface area contributed by atoms with E-state index in [1.54, 1.807) is 28.4 Å². The van der Waals surface area contributed by atoms with Crippen LogP contribution in [-0.2, 0) is 22.5 Å². The molecule has 0 saturated heterocycles. The molecule has 8 heteroatoms. The van der Waals surface area contributed by atoms with Crippen LogP contribution >= 0.6 is 0 Å². The van der Waals surface area contributed by atoms with Crippen molar-refractivity contribution in [3.8, 4) is 11.3 Å². The molecule has 1 amide bonds. The zero-order valence-corrected chi connectivity index (χ0v) is 19.7. The van der Waals surface area contributed by atoms with Crippen molar-refractivity contribution in [2.45, 2.75) is 52.0 Å². The summed E-state index contributed by atoms with van der Waals surface area (Å²) in [5.74, 6) is 0.465. The van der Waals surface area contributed by atoms with Crippen LogP contribution in [0.15, 0.2) is 65.4 Å². The highest BCUT2D eigenvalue weighted by molar-refractivity contribution is 6.47. The second kappa shape index (κ2) is 10.2. The molecule has 1 heterocycles. The first-order valence-electron chi connectivity index (χ1n) is 10.7. The summed E-state index contributed by atoms with van der Waals surface area (Å²) in [6.07, 6.45) is 0.888. The molecule has 0 spiro atoms. The first-order chi connectivity index (χ1) is 15.6. The molecule has 33 heavy (non-hydrogen) atoms. The minimum absolute atomic E-state index is 0.0238. The first-order valence-corrected chi connectivity index (χ1v) is 10.7. The van der Waals surface area contributed by atoms with E-state index >= 15 is 0 Å². The fourth-order valence-corrected chi connectivity index (χ4v) is 2.85. The maximum absolute atomic E-state index is 12.4. The summed E-state index contributed by atoms with van der Waals surface area (Å²) in [6.45, 7) is 7.51. The summed E-state index contributed by atoms with van der Waals surface area (Å²) in [5.41, 5.74) is 1.55. The molecule has 0 saturated carbocycles. The van der Waals surface area contributed by atoms with E-state index in [1.165, 1.54) is 11.3 Å². The lowest BCUT2D eigenvalue weighted by Gasteiger charge is -2.37. The number of hydrogen-bond acceptors (Lipinski definition) is 6. The molecule has 173 valence electrons. The van der Waals surface area contributed by atoms with Gasteiger partial charge < -0.3 is 23.8 Å². The van der Waals surface area contributed by atoms with Crippen LogP contribution in [0.4, 0.5) is 4.79 Å². The molecule has 1 aromatic heterocycles. The van der Waals surface area contributed by atoms with E-state index in [9.17, 15) is 9.90 Å². The Labute approximate surface area is 195 Å². The van der Waals surface area contributed by atoms with Gasteiger partial charge in [0.05, 0.1) is 11.2 Å². The Hall–Kier alpha value is -3.10. The standard InChI is InChI=1S/C25H30BN2O5/c1-24(2,30)25(3,4)33-26-20-13-11-19(12-14-20)22-21(32-17-27-22)16-31-23(29)28(5)15-18-9-7-6-8-10-18/h6-14,17,30H,15-16H2,1-5H3. The fourth-order valence-electron chi connectivity index (χ4n) is 2.85. The molecular weight excluding hydrogens is 419 g/mol. The van der Waals surface area contributed by atoms with Gasteiger partial charge in [-0.15, -0.1) is 0 Å². The normalized spacial score (nSPS) is 11.8. The van der Waals surface area contributed by atoms with Gasteiger partial charge >= 0.3 is 13.6 Å². The molecule has 0 aliphatic heterocycles. The number of oxazole rings is 1. The molecule has 0 aliphatic carbocycles. The van der Waals surface area contributed by atoms with E-state index in [1.807, 2.05) is 68.4 Å². The predicted octanol–water partition coefficient (Wildman–Crippen LogP) is 3.92. The Morgan fingerprint density at radius 3 is 2.39 bits per heavy atom. The average Bonchev–Trinajstić information content (AvgIpc) is 3.25. The van der Waals surface area contributed by atoms with Crippen LogP contribution in [0.25, 0.3) is 11.3 Å². The molecule has 0 atom stereocenters. The molecule has 7 nitrogen and oxygen atoms in total. The van der Waals surface area contributed by atoms with Crippen LogP contribution in [0.5, 0.6) is 0 Å². The minimum Gasteiger partial charge on any atom is -0.444 e. The van der Waals surface area contributed by atoms with Crippen LogP contribution in [-0.4, -0.2) is 46.8 Å². The first kappa shape index (κ1) is 24.5. The largest absolute Gasteiger partial charge is 0.444 e. The van der Waals surface area contributed by atoms with Gasteiger partial charge in [0.2, 0.25) is 0 Å². The Morgan fingerprint density at radius 1 is 1.09 bits per heavy atom. The van der Waals surface area contributed by atoms with E-state index in [0.717, 1.165) is 16.6 Å². The summed E-state index contributed by atoms with van der Waals surface area (Å²) in [6, 6.07) is 17.2. The second-order valence-electron chi connectivity index (χ2n) is 8.95. The number of benzene rings is 2. The van der Waals surface area contributed by atoms with Crippen molar-refractivity contribution < 1.29 is 23.7 Å². The van der Waals surface area contributed by atoms with Crippen LogP contribution in [0, 0.1) is 0 Å². The Morgan fingerprint density at radius 2 is 1.76 bits per heavy atom. The van der Waals surface area contributed by atoms with E-state index < -0.39 is 17.3 Å². The zero-order valence-electron chi connectivity index (χ0n) is 19.7. The van der Waals surface area contributed by atoms with Gasteiger partial charge in [-0.25, -0.2) is 9.78 Å². The highest BCUT2D eigenvalue weighted by atomic mass is 16.6. The van der Waals surface area contributed by atoms with Crippen LogP contribution < -0.4 is 5.46 Å². The van der Waals surface area contributed by atoms with E-state index in [4.69, 9.17) is 13.8 Å². The van der Waals surface area contributed by atoms with Crippen LogP contribution in [0.1, 0.15) is 39.0 Å². The second-order valence-corrected chi connectivity index (χ2v) is 8.95. The van der Waals surface area contributed by atoms with Crippen molar-refractivity contribution in [3.63, 3.8) is 0 Å². The lowest BCUT2D eigenvalue weighted by atomic mass is 9.82. The van der Waals surface area contributed by atoms with Crippen molar-refractivity contribution in [1.82, 2.24) is 9.88 Å². The third kappa shape index (κ3) is 6.46. The molecule has 1 radical (unpaired) electrons. The van der Waals surface area contributed by atoms with E-state index in [-0.39, 0.29) is 6.61 Å². The van der Waals surface area contributed by atoms with Gasteiger partial charge in [-0.05, 0) is 33.3 Å². The van der Waals surface area contributed by atoms with E-state index in [2.05, 4.69) is 4.98 Å². The summed E-state index contributed by atoms with van der Waals surface area (Å²) in [5, 5.41) is 10.2. The van der Waals surface area contributed by atoms with Crippen molar-refractivity contribution in [2.24, 2.45) is 0 Å². The topological polar surface area (TPSA) is 85.0 Å². The third-order valence-electron chi connectivity index (χ3n) is 5.69.